The molecule has 0 atom stereocenters. The van der Waals surface area contributed by atoms with Gasteiger partial charge in [0.05, 0.1) is 11.1 Å². The fourth-order valence-electron chi connectivity index (χ4n) is 3.37. The molecule has 1 amide bonds. The SMILES string of the molecule is O=C(c1ccc(F)cc1F)N1CCN(c2ccnc3cc(Cl)ccc23)CC1. The van der Waals surface area contributed by atoms with Crippen molar-refractivity contribution in [2.45, 2.75) is 0 Å². The lowest BCUT2D eigenvalue weighted by atomic mass is 10.1. The van der Waals surface area contributed by atoms with Crippen LogP contribution in [0.3, 0.4) is 0 Å². The Hall–Kier alpha value is -2.73. The third-order valence-corrected chi connectivity index (χ3v) is 4.99. The summed E-state index contributed by atoms with van der Waals surface area (Å²) >= 11 is 6.04. The third-order valence-electron chi connectivity index (χ3n) is 4.75. The van der Waals surface area contributed by atoms with Gasteiger partial charge in [-0.2, -0.15) is 0 Å². The van der Waals surface area contributed by atoms with Gasteiger partial charge in [0.15, 0.2) is 0 Å². The second-order valence-electron chi connectivity index (χ2n) is 6.39. The Balaban J connectivity index is 1.52. The van der Waals surface area contributed by atoms with Crippen LogP contribution in [0.4, 0.5) is 14.5 Å². The number of piperazine rings is 1. The first-order valence-electron chi connectivity index (χ1n) is 8.56. The van der Waals surface area contributed by atoms with Gasteiger partial charge in [-0.05, 0) is 36.4 Å². The van der Waals surface area contributed by atoms with Crippen LogP contribution < -0.4 is 4.90 Å². The lowest BCUT2D eigenvalue weighted by molar-refractivity contribution is 0.0742. The summed E-state index contributed by atoms with van der Waals surface area (Å²) in [6.07, 6.45) is 1.74. The summed E-state index contributed by atoms with van der Waals surface area (Å²) in [6, 6.07) is 10.5. The quantitative estimate of drug-likeness (QED) is 0.663. The second kappa shape index (κ2) is 7.12. The summed E-state index contributed by atoms with van der Waals surface area (Å²) in [4.78, 5) is 20.7. The monoisotopic (exact) mass is 387 g/mol. The Morgan fingerprint density at radius 3 is 2.52 bits per heavy atom. The van der Waals surface area contributed by atoms with Gasteiger partial charge in [0.25, 0.3) is 5.91 Å². The van der Waals surface area contributed by atoms with Crippen molar-refractivity contribution in [1.29, 1.82) is 0 Å². The van der Waals surface area contributed by atoms with E-state index in [-0.39, 0.29) is 5.56 Å². The van der Waals surface area contributed by atoms with Gasteiger partial charge >= 0.3 is 0 Å². The van der Waals surface area contributed by atoms with Gasteiger partial charge in [-0.15, -0.1) is 0 Å². The Morgan fingerprint density at radius 2 is 1.78 bits per heavy atom. The zero-order valence-corrected chi connectivity index (χ0v) is 15.1. The molecular weight excluding hydrogens is 372 g/mol. The van der Waals surface area contributed by atoms with Crippen LogP contribution in [0.1, 0.15) is 10.4 Å². The maximum Gasteiger partial charge on any atom is 0.256 e. The number of benzene rings is 2. The van der Waals surface area contributed by atoms with E-state index in [1.54, 1.807) is 11.1 Å². The van der Waals surface area contributed by atoms with E-state index < -0.39 is 17.5 Å². The molecule has 138 valence electrons. The Kier molecular flexibility index (Phi) is 4.66. The van der Waals surface area contributed by atoms with Crippen molar-refractivity contribution in [3.05, 3.63) is 70.9 Å². The topological polar surface area (TPSA) is 36.4 Å². The molecule has 0 radical (unpaired) electrons. The van der Waals surface area contributed by atoms with Gasteiger partial charge < -0.3 is 9.80 Å². The molecule has 1 saturated heterocycles. The fraction of sp³-hybridized carbons (Fsp3) is 0.200. The zero-order valence-electron chi connectivity index (χ0n) is 14.3. The van der Waals surface area contributed by atoms with Gasteiger partial charge in [-0.25, -0.2) is 8.78 Å². The molecule has 0 spiro atoms. The number of pyridine rings is 1. The minimum absolute atomic E-state index is 0.103. The van der Waals surface area contributed by atoms with Crippen molar-refractivity contribution in [2.24, 2.45) is 0 Å². The number of anilines is 1. The van der Waals surface area contributed by atoms with Crippen molar-refractivity contribution in [2.75, 3.05) is 31.1 Å². The van der Waals surface area contributed by atoms with Crippen LogP contribution in [0.5, 0.6) is 0 Å². The molecule has 2 heterocycles. The van der Waals surface area contributed by atoms with Crippen molar-refractivity contribution in [3.8, 4) is 0 Å². The number of nitrogens with zero attached hydrogens (tertiary/aromatic N) is 3. The first-order chi connectivity index (χ1) is 13.0. The van der Waals surface area contributed by atoms with Crippen LogP contribution in [-0.2, 0) is 0 Å². The van der Waals surface area contributed by atoms with Gasteiger partial charge in [0.2, 0.25) is 0 Å². The third kappa shape index (κ3) is 3.45. The summed E-state index contributed by atoms with van der Waals surface area (Å²) in [6.45, 7) is 2.12. The van der Waals surface area contributed by atoms with Crippen LogP contribution in [0.15, 0.2) is 48.7 Å². The van der Waals surface area contributed by atoms with E-state index in [4.69, 9.17) is 11.6 Å². The molecular formula is C20H16ClF2N3O. The van der Waals surface area contributed by atoms with Gasteiger partial charge in [0, 0.05) is 54.5 Å². The summed E-state index contributed by atoms with van der Waals surface area (Å²) < 4.78 is 26.9. The van der Waals surface area contributed by atoms with Gasteiger partial charge in [-0.1, -0.05) is 11.6 Å². The molecule has 1 aromatic heterocycles. The van der Waals surface area contributed by atoms with Crippen LogP contribution in [0.25, 0.3) is 10.9 Å². The number of carbonyl (C=O) groups is 1. The van der Waals surface area contributed by atoms with E-state index in [1.807, 2.05) is 24.3 Å². The highest BCUT2D eigenvalue weighted by atomic mass is 35.5. The molecule has 3 aromatic rings. The first-order valence-corrected chi connectivity index (χ1v) is 8.94. The molecule has 0 unspecified atom stereocenters. The Morgan fingerprint density at radius 1 is 1.00 bits per heavy atom. The standard InChI is InChI=1S/C20H16ClF2N3O/c21-13-1-3-16-18(11-13)24-6-5-19(16)25-7-9-26(10-8-25)20(27)15-4-2-14(22)12-17(15)23/h1-6,11-12H,7-10H2. The largest absolute Gasteiger partial charge is 0.367 e. The van der Waals surface area contributed by atoms with Crippen molar-refractivity contribution in [3.63, 3.8) is 0 Å². The number of rotatable bonds is 2. The highest BCUT2D eigenvalue weighted by molar-refractivity contribution is 6.31. The summed E-state index contributed by atoms with van der Waals surface area (Å²) in [7, 11) is 0. The lowest BCUT2D eigenvalue weighted by Crippen LogP contribution is -2.49. The van der Waals surface area contributed by atoms with E-state index >= 15 is 0 Å². The number of fused-ring (bicyclic) bond motifs is 1. The highest BCUT2D eigenvalue weighted by Crippen LogP contribution is 2.28. The molecule has 0 saturated carbocycles. The van der Waals surface area contributed by atoms with Crippen LogP contribution in [0.2, 0.25) is 5.02 Å². The minimum Gasteiger partial charge on any atom is -0.367 e. The van der Waals surface area contributed by atoms with E-state index in [1.165, 1.54) is 6.07 Å². The Bertz CT molecular complexity index is 1020. The normalized spacial score (nSPS) is 14.6. The summed E-state index contributed by atoms with van der Waals surface area (Å²) in [5.41, 5.74) is 1.73. The fourth-order valence-corrected chi connectivity index (χ4v) is 3.53. The van der Waals surface area contributed by atoms with Crippen LogP contribution in [0, 0.1) is 11.6 Å². The summed E-state index contributed by atoms with van der Waals surface area (Å²) in [5.74, 6) is -1.95. The molecule has 1 aliphatic rings. The van der Waals surface area contributed by atoms with E-state index in [2.05, 4.69) is 9.88 Å². The minimum atomic E-state index is -0.834. The number of aromatic nitrogens is 1. The van der Waals surface area contributed by atoms with Crippen molar-refractivity contribution >= 4 is 34.1 Å². The average Bonchev–Trinajstić information content (AvgIpc) is 2.67. The predicted molar refractivity (Wildman–Crippen MR) is 101 cm³/mol. The number of carbonyl (C=O) groups excluding carboxylic acids is 1. The lowest BCUT2D eigenvalue weighted by Gasteiger charge is -2.36. The van der Waals surface area contributed by atoms with Gasteiger partial charge in [0.1, 0.15) is 11.6 Å². The molecule has 0 aliphatic carbocycles. The molecule has 7 heteroatoms. The molecule has 27 heavy (non-hydrogen) atoms. The maximum absolute atomic E-state index is 13.9. The van der Waals surface area contributed by atoms with Crippen LogP contribution >= 0.6 is 11.6 Å². The molecule has 0 bridgehead atoms. The average molecular weight is 388 g/mol. The molecule has 2 aromatic carbocycles. The Labute approximate surface area is 160 Å². The highest BCUT2D eigenvalue weighted by Gasteiger charge is 2.25. The molecule has 4 nitrogen and oxygen atoms in total. The number of hydrogen-bond donors (Lipinski definition) is 0. The van der Waals surface area contributed by atoms with E-state index in [0.29, 0.717) is 31.2 Å². The molecule has 1 fully saturated rings. The zero-order chi connectivity index (χ0) is 19.0. The van der Waals surface area contributed by atoms with Crippen molar-refractivity contribution in [1.82, 2.24) is 9.88 Å². The maximum atomic E-state index is 13.9. The molecule has 1 aliphatic heterocycles. The van der Waals surface area contributed by atoms with E-state index in [9.17, 15) is 13.6 Å². The summed E-state index contributed by atoms with van der Waals surface area (Å²) in [5, 5.41) is 1.62. The second-order valence-corrected chi connectivity index (χ2v) is 6.83. The predicted octanol–water partition coefficient (Wildman–Crippen LogP) is 4.13. The molecule has 0 N–H and O–H groups in total. The van der Waals surface area contributed by atoms with Crippen LogP contribution in [-0.4, -0.2) is 42.0 Å². The van der Waals surface area contributed by atoms with Crippen molar-refractivity contribution < 1.29 is 13.6 Å². The number of amides is 1. The van der Waals surface area contributed by atoms with Gasteiger partial charge in [-0.3, -0.25) is 9.78 Å². The number of halogens is 3. The van der Waals surface area contributed by atoms with E-state index in [0.717, 1.165) is 28.7 Å². The number of hydrogen-bond acceptors (Lipinski definition) is 3. The first kappa shape index (κ1) is 17.7. The smallest absolute Gasteiger partial charge is 0.256 e. The molecule has 4 rings (SSSR count).